The second-order valence-electron chi connectivity index (χ2n) is 10.6. The van der Waals surface area contributed by atoms with Gasteiger partial charge in [-0.25, -0.2) is 18.6 Å². The van der Waals surface area contributed by atoms with Crippen molar-refractivity contribution in [3.05, 3.63) is 78.2 Å². The molecule has 2 atom stereocenters. The molecule has 0 spiro atoms. The van der Waals surface area contributed by atoms with E-state index in [0.717, 1.165) is 47.5 Å². The van der Waals surface area contributed by atoms with Crippen LogP contribution in [0.5, 0.6) is 0 Å². The SMILES string of the molecule is CCN1CCN(C(=O)NC2C=C(C3=CC=C(F)CC3F)C=C(n3cnc4cc(-c5cnn(C)c5)ccc43)C2)CC1. The van der Waals surface area contributed by atoms with Gasteiger partial charge in [-0.2, -0.15) is 5.10 Å². The predicted octanol–water partition coefficient (Wildman–Crippen LogP) is 4.85. The van der Waals surface area contributed by atoms with E-state index in [2.05, 4.69) is 27.2 Å². The molecule has 208 valence electrons. The Hall–Kier alpha value is -4.05. The maximum Gasteiger partial charge on any atom is 0.317 e. The molecule has 1 fully saturated rings. The van der Waals surface area contributed by atoms with Crippen LogP contribution in [0.4, 0.5) is 13.6 Å². The van der Waals surface area contributed by atoms with Crippen LogP contribution in [-0.4, -0.2) is 80.1 Å². The Kier molecular flexibility index (Phi) is 7.10. The summed E-state index contributed by atoms with van der Waals surface area (Å²) in [6.07, 6.45) is 10.9. The number of benzene rings is 1. The van der Waals surface area contributed by atoms with Crippen molar-refractivity contribution in [1.82, 2.24) is 34.4 Å². The normalized spacial score (nSPS) is 22.1. The molecule has 0 bridgehead atoms. The van der Waals surface area contributed by atoms with Crippen molar-refractivity contribution in [2.75, 3.05) is 32.7 Å². The fourth-order valence-electron chi connectivity index (χ4n) is 5.65. The highest BCUT2D eigenvalue weighted by Gasteiger charge is 2.28. The number of aryl methyl sites for hydroxylation is 1. The molecule has 2 amide bonds. The van der Waals surface area contributed by atoms with Gasteiger partial charge in [0, 0.05) is 63.5 Å². The van der Waals surface area contributed by atoms with Crippen molar-refractivity contribution in [2.24, 2.45) is 7.05 Å². The summed E-state index contributed by atoms with van der Waals surface area (Å²) in [4.78, 5) is 22.0. The first kappa shape index (κ1) is 26.2. The number of nitrogens with zero attached hydrogens (tertiary/aromatic N) is 6. The van der Waals surface area contributed by atoms with Crippen LogP contribution in [0.1, 0.15) is 19.8 Å². The number of carbonyl (C=O) groups excluding carboxylic acids is 1. The first-order valence-corrected chi connectivity index (χ1v) is 13.8. The van der Waals surface area contributed by atoms with Crippen LogP contribution in [-0.2, 0) is 7.05 Å². The number of rotatable bonds is 5. The topological polar surface area (TPSA) is 71.2 Å². The lowest BCUT2D eigenvalue weighted by molar-refractivity contribution is 0.142. The number of hydrogen-bond donors (Lipinski definition) is 1. The Bertz CT molecular complexity index is 1550. The maximum atomic E-state index is 15.0. The van der Waals surface area contributed by atoms with Gasteiger partial charge >= 0.3 is 6.03 Å². The number of halogens is 2. The molecule has 2 unspecified atom stereocenters. The number of alkyl halides is 1. The van der Waals surface area contributed by atoms with Gasteiger partial charge in [-0.05, 0) is 47.5 Å². The third kappa shape index (κ3) is 5.23. The predicted molar refractivity (Wildman–Crippen MR) is 152 cm³/mol. The Morgan fingerprint density at radius 1 is 1.12 bits per heavy atom. The number of urea groups is 1. The van der Waals surface area contributed by atoms with E-state index in [9.17, 15) is 9.18 Å². The average Bonchev–Trinajstić information content (AvgIpc) is 3.58. The lowest BCUT2D eigenvalue weighted by Crippen LogP contribution is -2.53. The van der Waals surface area contributed by atoms with Gasteiger partial charge in [0.2, 0.25) is 0 Å². The lowest BCUT2D eigenvalue weighted by Gasteiger charge is -2.35. The van der Waals surface area contributed by atoms with Crippen molar-refractivity contribution in [3.63, 3.8) is 0 Å². The van der Waals surface area contributed by atoms with Crippen LogP contribution in [0.25, 0.3) is 27.9 Å². The van der Waals surface area contributed by atoms with Crippen LogP contribution < -0.4 is 5.32 Å². The van der Waals surface area contributed by atoms with E-state index in [1.165, 1.54) is 12.2 Å². The quantitative estimate of drug-likeness (QED) is 0.498. The molecule has 8 nitrogen and oxygen atoms in total. The maximum absolute atomic E-state index is 15.0. The molecule has 10 heteroatoms. The third-order valence-electron chi connectivity index (χ3n) is 7.93. The molecule has 3 aliphatic rings. The van der Waals surface area contributed by atoms with Crippen LogP contribution in [0, 0.1) is 0 Å². The molecular weight excluding hydrogens is 512 g/mol. The molecule has 3 heterocycles. The van der Waals surface area contributed by atoms with E-state index in [1.54, 1.807) is 11.0 Å². The largest absolute Gasteiger partial charge is 0.331 e. The fraction of sp³-hybridized carbons (Fsp3) is 0.367. The molecule has 1 saturated heterocycles. The van der Waals surface area contributed by atoms with Gasteiger partial charge in [-0.15, -0.1) is 0 Å². The van der Waals surface area contributed by atoms with Gasteiger partial charge in [0.15, 0.2) is 0 Å². The number of carbonyl (C=O) groups is 1. The van der Waals surface area contributed by atoms with Gasteiger partial charge in [-0.1, -0.05) is 25.1 Å². The second-order valence-corrected chi connectivity index (χ2v) is 10.6. The molecule has 6 rings (SSSR count). The minimum Gasteiger partial charge on any atom is -0.331 e. The molecule has 1 aliphatic heterocycles. The highest BCUT2D eigenvalue weighted by molar-refractivity contribution is 5.85. The van der Waals surface area contributed by atoms with Crippen molar-refractivity contribution in [3.8, 4) is 11.1 Å². The minimum absolute atomic E-state index is 0.130. The zero-order chi connectivity index (χ0) is 27.8. The number of amides is 2. The first-order valence-electron chi connectivity index (χ1n) is 13.8. The Labute approximate surface area is 232 Å². The summed E-state index contributed by atoms with van der Waals surface area (Å²) < 4.78 is 32.5. The summed E-state index contributed by atoms with van der Waals surface area (Å²) in [5, 5.41) is 7.42. The number of imidazole rings is 1. The van der Waals surface area contributed by atoms with Crippen molar-refractivity contribution >= 4 is 22.8 Å². The summed E-state index contributed by atoms with van der Waals surface area (Å²) in [5.41, 5.74) is 5.67. The lowest BCUT2D eigenvalue weighted by atomic mass is 9.89. The van der Waals surface area contributed by atoms with Crippen LogP contribution in [0.15, 0.2) is 78.2 Å². The van der Waals surface area contributed by atoms with E-state index < -0.39 is 12.0 Å². The molecule has 2 aromatic heterocycles. The zero-order valence-electron chi connectivity index (χ0n) is 22.7. The monoisotopic (exact) mass is 545 g/mol. The standard InChI is InChI=1S/C30H33F2N7O/c1-3-37-8-10-38(11-9-37)30(40)35-24-12-21(26-6-5-23(31)15-27(26)32)13-25(16-24)39-19-33-28-14-20(4-7-29(28)39)22-17-34-36(2)18-22/h4-7,12-14,17-19,24,27H,3,8-11,15-16H2,1-2H3,(H,35,40). The molecule has 0 radical (unpaired) electrons. The number of hydrogen-bond acceptors (Lipinski definition) is 4. The molecule has 1 N–H and O–H groups in total. The Balaban J connectivity index is 1.31. The molecule has 0 saturated carbocycles. The molecule has 40 heavy (non-hydrogen) atoms. The highest BCUT2D eigenvalue weighted by atomic mass is 19.1. The van der Waals surface area contributed by atoms with Gasteiger partial charge in [0.05, 0.1) is 23.3 Å². The van der Waals surface area contributed by atoms with E-state index in [0.29, 0.717) is 30.7 Å². The van der Waals surface area contributed by atoms with Crippen LogP contribution >= 0.6 is 0 Å². The zero-order valence-corrected chi connectivity index (χ0v) is 22.7. The molecule has 1 aromatic carbocycles. The van der Waals surface area contributed by atoms with Crippen LogP contribution in [0.2, 0.25) is 0 Å². The van der Waals surface area contributed by atoms with Crippen molar-refractivity contribution < 1.29 is 13.6 Å². The highest BCUT2D eigenvalue weighted by Crippen LogP contribution is 2.35. The number of aromatic nitrogens is 4. The van der Waals surface area contributed by atoms with Gasteiger partial charge < -0.3 is 19.7 Å². The fourth-order valence-corrected chi connectivity index (χ4v) is 5.65. The van der Waals surface area contributed by atoms with E-state index in [1.807, 2.05) is 59.3 Å². The van der Waals surface area contributed by atoms with Crippen LogP contribution in [0.3, 0.4) is 0 Å². The smallest absolute Gasteiger partial charge is 0.317 e. The molecule has 2 aliphatic carbocycles. The molecule has 3 aromatic rings. The summed E-state index contributed by atoms with van der Waals surface area (Å²) >= 11 is 0. The summed E-state index contributed by atoms with van der Waals surface area (Å²) in [5.74, 6) is -0.474. The Morgan fingerprint density at radius 3 is 2.67 bits per heavy atom. The van der Waals surface area contributed by atoms with E-state index >= 15 is 4.39 Å². The van der Waals surface area contributed by atoms with Crippen molar-refractivity contribution in [1.29, 1.82) is 0 Å². The number of allylic oxidation sites excluding steroid dienone is 6. The molecular formula is C30H33F2N7O. The summed E-state index contributed by atoms with van der Waals surface area (Å²) in [7, 11) is 1.88. The average molecular weight is 546 g/mol. The number of piperazine rings is 1. The summed E-state index contributed by atoms with van der Waals surface area (Å²) in [6.45, 7) is 6.11. The van der Waals surface area contributed by atoms with Crippen molar-refractivity contribution in [2.45, 2.75) is 32.0 Å². The summed E-state index contributed by atoms with van der Waals surface area (Å²) in [6, 6.07) is 5.58. The van der Waals surface area contributed by atoms with E-state index in [-0.39, 0.29) is 18.5 Å². The third-order valence-corrected chi connectivity index (χ3v) is 7.93. The van der Waals surface area contributed by atoms with Gasteiger partial charge in [-0.3, -0.25) is 4.68 Å². The number of likely N-dealkylation sites (N-methyl/N-ethyl adjacent to an activating group) is 1. The second kappa shape index (κ2) is 10.8. The van der Waals surface area contributed by atoms with Gasteiger partial charge in [0.25, 0.3) is 0 Å². The first-order chi connectivity index (χ1) is 19.4. The minimum atomic E-state index is -1.45. The number of nitrogens with one attached hydrogen (secondary N) is 1. The number of fused-ring (bicyclic) bond motifs is 1. The van der Waals surface area contributed by atoms with Gasteiger partial charge in [0.1, 0.15) is 18.3 Å². The Morgan fingerprint density at radius 2 is 1.95 bits per heavy atom. The van der Waals surface area contributed by atoms with E-state index in [4.69, 9.17) is 0 Å².